The third-order valence-corrected chi connectivity index (χ3v) is 10.7. The van der Waals surface area contributed by atoms with E-state index in [1.165, 1.54) is 24.3 Å². The molecule has 10 heteroatoms. The fourth-order valence-electron chi connectivity index (χ4n) is 7.77. The zero-order chi connectivity index (χ0) is 36.6. The van der Waals surface area contributed by atoms with Crippen molar-refractivity contribution in [3.8, 4) is 11.5 Å². The lowest BCUT2D eigenvalue weighted by atomic mass is 9.76. The Morgan fingerprint density at radius 2 is 1.43 bits per heavy atom. The van der Waals surface area contributed by atoms with Crippen LogP contribution in [0.2, 0.25) is 10.0 Å². The Morgan fingerprint density at radius 1 is 0.792 bits per heavy atom. The molecule has 1 fully saturated rings. The number of carbonyl (C=O) groups is 3. The van der Waals surface area contributed by atoms with E-state index in [2.05, 4.69) is 34.5 Å². The Bertz CT molecular complexity index is 2200. The molecule has 0 bridgehead atoms. The molecular formula is C43H35Cl2N3O5. The maximum absolute atomic E-state index is 14.4. The maximum atomic E-state index is 14.4. The quantitative estimate of drug-likeness (QED) is 0.126. The van der Waals surface area contributed by atoms with Crippen LogP contribution < -0.4 is 24.6 Å². The highest BCUT2D eigenvalue weighted by Crippen LogP contribution is 2.50. The highest BCUT2D eigenvalue weighted by atomic mass is 35.5. The van der Waals surface area contributed by atoms with Gasteiger partial charge in [0.2, 0.25) is 0 Å². The number of rotatable bonds is 8. The van der Waals surface area contributed by atoms with Crippen molar-refractivity contribution in [1.29, 1.82) is 0 Å². The van der Waals surface area contributed by atoms with Gasteiger partial charge >= 0.3 is 6.03 Å². The lowest BCUT2D eigenvalue weighted by molar-refractivity contribution is -0.122. The number of amides is 4. The molecule has 3 aliphatic rings. The van der Waals surface area contributed by atoms with Crippen LogP contribution in [0.5, 0.6) is 11.5 Å². The lowest BCUT2D eigenvalue weighted by Crippen LogP contribution is -2.54. The molecule has 0 aromatic heterocycles. The van der Waals surface area contributed by atoms with Crippen LogP contribution in [-0.2, 0) is 16.2 Å². The summed E-state index contributed by atoms with van der Waals surface area (Å²) in [5, 5.41) is 3.20. The van der Waals surface area contributed by atoms with E-state index < -0.39 is 17.8 Å². The van der Waals surface area contributed by atoms with Gasteiger partial charge in [0.25, 0.3) is 11.8 Å². The molecule has 0 aliphatic carbocycles. The number of barbiturate groups is 1. The van der Waals surface area contributed by atoms with Crippen molar-refractivity contribution < 1.29 is 23.9 Å². The van der Waals surface area contributed by atoms with Crippen molar-refractivity contribution >= 4 is 58.5 Å². The van der Waals surface area contributed by atoms with Gasteiger partial charge in [0.15, 0.2) is 11.5 Å². The average molecular weight is 745 g/mol. The normalized spacial score (nSPS) is 18.8. The van der Waals surface area contributed by atoms with Crippen molar-refractivity contribution in [2.24, 2.45) is 0 Å². The summed E-state index contributed by atoms with van der Waals surface area (Å²) in [7, 11) is 1.47. The average Bonchev–Trinajstić information content (AvgIpc) is 3.16. The van der Waals surface area contributed by atoms with Crippen molar-refractivity contribution in [3.63, 3.8) is 0 Å². The van der Waals surface area contributed by atoms with E-state index in [-0.39, 0.29) is 29.0 Å². The maximum Gasteiger partial charge on any atom is 0.335 e. The minimum Gasteiger partial charge on any atom is -0.493 e. The zero-order valence-corrected chi connectivity index (χ0v) is 30.4. The smallest absolute Gasteiger partial charge is 0.335 e. The van der Waals surface area contributed by atoms with Crippen LogP contribution >= 0.6 is 23.2 Å². The number of imide groups is 2. The number of halogens is 2. The minimum absolute atomic E-state index is 0.0597. The van der Waals surface area contributed by atoms with Gasteiger partial charge in [0, 0.05) is 35.6 Å². The summed E-state index contributed by atoms with van der Waals surface area (Å²) in [4.78, 5) is 44.8. The summed E-state index contributed by atoms with van der Waals surface area (Å²) in [6, 6.07) is 34.2. The van der Waals surface area contributed by atoms with Gasteiger partial charge < -0.3 is 14.4 Å². The molecule has 0 spiro atoms. The Kier molecular flexibility index (Phi) is 9.41. The molecule has 266 valence electrons. The summed E-state index contributed by atoms with van der Waals surface area (Å²) < 4.78 is 11.6. The van der Waals surface area contributed by atoms with Crippen LogP contribution in [0.3, 0.4) is 0 Å². The van der Waals surface area contributed by atoms with E-state index >= 15 is 0 Å². The summed E-state index contributed by atoms with van der Waals surface area (Å²) in [5.41, 5.74) is 7.06. The van der Waals surface area contributed by atoms with E-state index in [0.717, 1.165) is 53.2 Å². The van der Waals surface area contributed by atoms with E-state index in [1.54, 1.807) is 24.3 Å². The molecular weight excluding hydrogens is 709 g/mol. The monoisotopic (exact) mass is 743 g/mol. The third-order valence-electron chi connectivity index (χ3n) is 10.2. The minimum atomic E-state index is -0.805. The molecule has 1 saturated heterocycles. The van der Waals surface area contributed by atoms with Gasteiger partial charge in [-0.15, -0.1) is 0 Å². The predicted molar refractivity (Wildman–Crippen MR) is 207 cm³/mol. The summed E-state index contributed by atoms with van der Waals surface area (Å²) in [5.74, 6) is -0.819. The van der Waals surface area contributed by atoms with Crippen LogP contribution in [0, 0.1) is 0 Å². The van der Waals surface area contributed by atoms with Crippen molar-refractivity contribution in [2.45, 2.75) is 31.3 Å². The Labute approximate surface area is 317 Å². The number of methoxy groups -OCH3 is 1. The second-order valence-electron chi connectivity index (χ2n) is 13.4. The molecule has 3 aliphatic heterocycles. The van der Waals surface area contributed by atoms with E-state index in [4.69, 9.17) is 32.7 Å². The second kappa shape index (κ2) is 14.5. The molecule has 8 rings (SSSR count). The highest BCUT2D eigenvalue weighted by molar-refractivity contribution is 6.39. The first kappa shape index (κ1) is 34.5. The number of nitrogens with zero attached hydrogens (tertiary/aromatic N) is 2. The molecule has 4 amide bonds. The van der Waals surface area contributed by atoms with E-state index in [0.29, 0.717) is 27.8 Å². The number of urea groups is 1. The molecule has 5 aromatic carbocycles. The van der Waals surface area contributed by atoms with Crippen LogP contribution in [0.15, 0.2) is 115 Å². The van der Waals surface area contributed by atoms with Gasteiger partial charge in [-0.2, -0.15) is 0 Å². The molecule has 8 nitrogen and oxygen atoms in total. The standard InChI is InChI=1S/C43H35Cl2N3O5/c1-52-38-22-27(21-37(45)40(38)53-25-26-9-8-14-30(44)19-26)20-36-41(49)46-43(51)48(42(36)50)31-23-34-32(28-10-4-2-5-11-28)15-17-47-18-16-33(35(24-31)39(34)47)29-12-6-3-7-13-29/h2-14,19-24,32-33H,15-18,25H2,1H3,(H,46,49,51)/b36-20+/t32-,33+. The Balaban J connectivity index is 1.19. The summed E-state index contributed by atoms with van der Waals surface area (Å²) in [6.45, 7) is 1.99. The van der Waals surface area contributed by atoms with Crippen molar-refractivity contribution in [2.75, 3.05) is 30.0 Å². The summed E-state index contributed by atoms with van der Waals surface area (Å²) in [6.07, 6.45) is 3.19. The highest BCUT2D eigenvalue weighted by Gasteiger charge is 2.40. The van der Waals surface area contributed by atoms with E-state index in [1.807, 2.05) is 60.7 Å². The van der Waals surface area contributed by atoms with Crippen molar-refractivity contribution in [3.05, 3.63) is 158 Å². The number of ether oxygens (including phenoxy) is 2. The second-order valence-corrected chi connectivity index (χ2v) is 14.2. The number of benzene rings is 5. The van der Waals surface area contributed by atoms with Gasteiger partial charge in [-0.25, -0.2) is 9.69 Å². The van der Waals surface area contributed by atoms with Gasteiger partial charge in [-0.1, -0.05) is 96.0 Å². The first-order valence-corrected chi connectivity index (χ1v) is 18.2. The number of hydrogen-bond acceptors (Lipinski definition) is 6. The zero-order valence-electron chi connectivity index (χ0n) is 28.9. The predicted octanol–water partition coefficient (Wildman–Crippen LogP) is 9.12. The lowest BCUT2D eigenvalue weighted by Gasteiger charge is -2.44. The van der Waals surface area contributed by atoms with E-state index in [9.17, 15) is 14.4 Å². The van der Waals surface area contributed by atoms with Crippen LogP contribution in [-0.4, -0.2) is 38.0 Å². The summed E-state index contributed by atoms with van der Waals surface area (Å²) >= 11 is 12.8. The SMILES string of the molecule is COc1cc(/C=C2\C(=O)NC(=O)N(c3cc4c5c(c3)[C@H](c3ccccc3)CCN5CC[C@@H]4c3ccccc3)C2=O)cc(Cl)c1OCc1cccc(Cl)c1. The van der Waals surface area contributed by atoms with Crippen LogP contribution in [0.25, 0.3) is 6.08 Å². The number of anilines is 2. The largest absolute Gasteiger partial charge is 0.493 e. The van der Waals surface area contributed by atoms with Crippen LogP contribution in [0.4, 0.5) is 16.2 Å². The molecule has 2 atom stereocenters. The molecule has 3 heterocycles. The van der Waals surface area contributed by atoms with Crippen molar-refractivity contribution in [1.82, 2.24) is 5.32 Å². The topological polar surface area (TPSA) is 88.2 Å². The fourth-order valence-corrected chi connectivity index (χ4v) is 8.26. The Hall–Kier alpha value is -5.57. The first-order valence-electron chi connectivity index (χ1n) is 17.5. The number of nitrogens with one attached hydrogen (secondary N) is 1. The molecule has 0 radical (unpaired) electrons. The molecule has 1 N–H and O–H groups in total. The van der Waals surface area contributed by atoms with Gasteiger partial charge in [0.1, 0.15) is 12.2 Å². The fraction of sp³-hybridized carbons (Fsp3) is 0.186. The Morgan fingerprint density at radius 3 is 2.04 bits per heavy atom. The first-order chi connectivity index (χ1) is 25.8. The molecule has 5 aromatic rings. The number of hydrogen-bond donors (Lipinski definition) is 1. The molecule has 53 heavy (non-hydrogen) atoms. The molecule has 0 saturated carbocycles. The molecule has 0 unspecified atom stereocenters. The van der Waals surface area contributed by atoms with Gasteiger partial charge in [0.05, 0.1) is 17.8 Å². The number of carbonyl (C=O) groups excluding carboxylic acids is 3. The van der Waals surface area contributed by atoms with Gasteiger partial charge in [-0.05, 0) is 88.7 Å². The van der Waals surface area contributed by atoms with Crippen LogP contribution in [0.1, 0.15) is 58.1 Å². The van der Waals surface area contributed by atoms with Gasteiger partial charge in [-0.3, -0.25) is 14.9 Å². The third kappa shape index (κ3) is 6.65.